The lowest BCUT2D eigenvalue weighted by Gasteiger charge is -2.22. The lowest BCUT2D eigenvalue weighted by Crippen LogP contribution is -2.18. The minimum absolute atomic E-state index is 0.454. The quantitative estimate of drug-likeness (QED) is 0.547. The third-order valence-corrected chi connectivity index (χ3v) is 5.56. The van der Waals surface area contributed by atoms with E-state index in [2.05, 4.69) is 0 Å². The number of benzene rings is 3. The molecule has 0 heterocycles. The summed E-state index contributed by atoms with van der Waals surface area (Å²) in [6.07, 6.45) is 0. The van der Waals surface area contributed by atoms with Crippen LogP contribution in [0.1, 0.15) is 5.56 Å². The van der Waals surface area contributed by atoms with Crippen molar-refractivity contribution in [3.8, 4) is 11.5 Å². The number of hydrogen-bond donors (Lipinski definition) is 1. The van der Waals surface area contributed by atoms with Crippen LogP contribution in [0, 0.1) is 6.92 Å². The summed E-state index contributed by atoms with van der Waals surface area (Å²) in [7, 11) is -3.66. The van der Waals surface area contributed by atoms with Gasteiger partial charge in [0.1, 0.15) is 11.5 Å². The second-order valence-corrected chi connectivity index (χ2v) is 7.14. The van der Waals surface area contributed by atoms with Crippen molar-refractivity contribution in [3.63, 3.8) is 0 Å². The number of hydrogen-bond acceptors (Lipinski definition) is 4. The highest BCUT2D eigenvalue weighted by Gasteiger charge is 2.33. The number of nitrogens with two attached hydrogens (primary N) is 1. The number of para-hydroxylation sites is 2. The highest BCUT2D eigenvalue weighted by atomic mass is 31.2. The molecule has 3 rings (SSSR count). The fraction of sp³-hybridized carbons (Fsp3) is 0.0526. The van der Waals surface area contributed by atoms with E-state index in [0.29, 0.717) is 28.1 Å². The van der Waals surface area contributed by atoms with Gasteiger partial charge in [0.05, 0.1) is 5.30 Å². The van der Waals surface area contributed by atoms with Gasteiger partial charge in [-0.15, -0.1) is 0 Å². The Morgan fingerprint density at radius 2 is 1.25 bits per heavy atom. The molecule has 0 bridgehead atoms. The number of anilines is 1. The smallest absolute Gasteiger partial charge is 0.413 e. The van der Waals surface area contributed by atoms with E-state index in [1.807, 2.05) is 36.4 Å². The monoisotopic (exact) mass is 339 g/mol. The molecule has 0 aliphatic rings. The van der Waals surface area contributed by atoms with E-state index < -0.39 is 7.60 Å². The molecule has 0 spiro atoms. The summed E-state index contributed by atoms with van der Waals surface area (Å²) in [6.45, 7) is 1.81. The van der Waals surface area contributed by atoms with Gasteiger partial charge in [-0.3, -0.25) is 0 Å². The molecule has 3 aromatic carbocycles. The van der Waals surface area contributed by atoms with Crippen LogP contribution in [0.5, 0.6) is 11.5 Å². The summed E-state index contributed by atoms with van der Waals surface area (Å²) in [5.74, 6) is 0.942. The molecule has 0 aliphatic carbocycles. The Hall–Kier alpha value is -2.71. The van der Waals surface area contributed by atoms with Crippen molar-refractivity contribution in [3.05, 3.63) is 84.4 Å². The average Bonchev–Trinajstić information content (AvgIpc) is 2.59. The summed E-state index contributed by atoms with van der Waals surface area (Å²) in [4.78, 5) is 0. The zero-order valence-electron chi connectivity index (χ0n) is 13.3. The molecule has 0 radical (unpaired) electrons. The third-order valence-electron chi connectivity index (χ3n) is 3.58. The molecule has 0 aliphatic heterocycles. The van der Waals surface area contributed by atoms with Crippen molar-refractivity contribution in [2.45, 2.75) is 6.92 Å². The fourth-order valence-electron chi connectivity index (χ4n) is 2.29. The van der Waals surface area contributed by atoms with Crippen LogP contribution in [0.3, 0.4) is 0 Å². The summed E-state index contributed by atoms with van der Waals surface area (Å²) >= 11 is 0. The highest BCUT2D eigenvalue weighted by molar-refractivity contribution is 7.63. The lowest BCUT2D eigenvalue weighted by molar-refractivity contribution is 0.399. The Labute approximate surface area is 141 Å². The minimum Gasteiger partial charge on any atom is -0.413 e. The van der Waals surface area contributed by atoms with Crippen molar-refractivity contribution in [1.29, 1.82) is 0 Å². The Balaban J connectivity index is 2.06. The fourth-order valence-corrected chi connectivity index (χ4v) is 4.14. The van der Waals surface area contributed by atoms with Gasteiger partial charge in [0.15, 0.2) is 0 Å². The first kappa shape index (κ1) is 16.2. The average molecular weight is 339 g/mol. The number of rotatable bonds is 5. The molecule has 5 heteroatoms. The molecule has 0 saturated heterocycles. The van der Waals surface area contributed by atoms with E-state index in [1.165, 1.54) is 0 Å². The van der Waals surface area contributed by atoms with Crippen LogP contribution in [0.25, 0.3) is 0 Å². The predicted molar refractivity (Wildman–Crippen MR) is 97.0 cm³/mol. The first-order valence-corrected chi connectivity index (χ1v) is 9.08. The van der Waals surface area contributed by atoms with Crippen LogP contribution in [-0.2, 0) is 4.57 Å². The van der Waals surface area contributed by atoms with Crippen LogP contribution >= 0.6 is 7.60 Å². The first-order chi connectivity index (χ1) is 11.6. The van der Waals surface area contributed by atoms with E-state index in [0.717, 1.165) is 0 Å². The van der Waals surface area contributed by atoms with Gasteiger partial charge in [-0.05, 0) is 48.9 Å². The normalized spacial score (nSPS) is 11.0. The summed E-state index contributed by atoms with van der Waals surface area (Å²) in [5.41, 5.74) is 7.20. The Kier molecular flexibility index (Phi) is 4.59. The van der Waals surface area contributed by atoms with Gasteiger partial charge >= 0.3 is 7.60 Å². The van der Waals surface area contributed by atoms with Gasteiger partial charge in [-0.2, -0.15) is 0 Å². The van der Waals surface area contributed by atoms with Crippen LogP contribution in [0.15, 0.2) is 78.9 Å². The molecule has 24 heavy (non-hydrogen) atoms. The molecule has 2 N–H and O–H groups in total. The van der Waals surface area contributed by atoms with Crippen molar-refractivity contribution < 1.29 is 13.6 Å². The van der Waals surface area contributed by atoms with E-state index in [-0.39, 0.29) is 0 Å². The zero-order valence-corrected chi connectivity index (χ0v) is 14.1. The third kappa shape index (κ3) is 3.44. The molecule has 0 unspecified atom stereocenters. The molecule has 3 aromatic rings. The molecule has 0 amide bonds. The lowest BCUT2D eigenvalue weighted by atomic mass is 10.2. The largest absolute Gasteiger partial charge is 0.463 e. The molecule has 0 fully saturated rings. The topological polar surface area (TPSA) is 61.6 Å². The van der Waals surface area contributed by atoms with Crippen LogP contribution in [-0.4, -0.2) is 0 Å². The van der Waals surface area contributed by atoms with Gasteiger partial charge in [-0.1, -0.05) is 42.5 Å². The summed E-state index contributed by atoms with van der Waals surface area (Å²) in [6, 6.07) is 23.2. The number of nitrogen functional groups attached to an aromatic ring is 1. The van der Waals surface area contributed by atoms with Crippen molar-refractivity contribution in [1.82, 2.24) is 0 Å². The van der Waals surface area contributed by atoms with Gasteiger partial charge in [0.25, 0.3) is 0 Å². The second-order valence-electron chi connectivity index (χ2n) is 5.30. The Morgan fingerprint density at radius 3 is 1.75 bits per heavy atom. The van der Waals surface area contributed by atoms with Gasteiger partial charge in [-0.25, -0.2) is 4.57 Å². The van der Waals surface area contributed by atoms with E-state index in [1.54, 1.807) is 49.4 Å². The van der Waals surface area contributed by atoms with Gasteiger partial charge in [0.2, 0.25) is 0 Å². The Bertz CT molecular complexity index is 821. The minimum atomic E-state index is -3.66. The maximum absolute atomic E-state index is 13.6. The molecule has 0 atom stereocenters. The van der Waals surface area contributed by atoms with Crippen LogP contribution in [0.2, 0.25) is 0 Å². The van der Waals surface area contributed by atoms with Crippen molar-refractivity contribution in [2.75, 3.05) is 5.73 Å². The highest BCUT2D eigenvalue weighted by Crippen LogP contribution is 2.48. The predicted octanol–water partition coefficient (Wildman–Crippen LogP) is 4.55. The Morgan fingerprint density at radius 1 is 0.750 bits per heavy atom. The van der Waals surface area contributed by atoms with Gasteiger partial charge < -0.3 is 14.8 Å². The van der Waals surface area contributed by atoms with Gasteiger partial charge in [0, 0.05) is 5.69 Å². The SMILES string of the molecule is Cc1c(N)cccc1P(=O)(Oc1ccccc1)Oc1ccccc1. The molecule has 0 aromatic heterocycles. The van der Waals surface area contributed by atoms with Crippen LogP contribution in [0.4, 0.5) is 5.69 Å². The second kappa shape index (κ2) is 6.81. The van der Waals surface area contributed by atoms with Crippen molar-refractivity contribution >= 4 is 18.6 Å². The molecular weight excluding hydrogens is 321 g/mol. The summed E-state index contributed by atoms with van der Waals surface area (Å²) < 4.78 is 25.2. The first-order valence-electron chi connectivity index (χ1n) is 7.53. The maximum atomic E-state index is 13.6. The zero-order chi connectivity index (χ0) is 17.0. The summed E-state index contributed by atoms with van der Waals surface area (Å²) in [5, 5.41) is 0.454. The molecule has 122 valence electrons. The maximum Gasteiger partial charge on any atom is 0.463 e. The van der Waals surface area contributed by atoms with E-state index in [9.17, 15) is 4.57 Å². The molecule has 0 saturated carbocycles. The van der Waals surface area contributed by atoms with E-state index in [4.69, 9.17) is 14.8 Å². The van der Waals surface area contributed by atoms with Crippen molar-refractivity contribution in [2.24, 2.45) is 0 Å². The van der Waals surface area contributed by atoms with Crippen LogP contribution < -0.4 is 20.1 Å². The standard InChI is InChI=1S/C19H18NO3P/c1-15-18(20)13-8-14-19(15)24(21,22-16-9-4-2-5-10-16)23-17-11-6-3-7-12-17/h2-14H,20H2,1H3. The van der Waals surface area contributed by atoms with E-state index >= 15 is 0 Å². The molecule has 4 nitrogen and oxygen atoms in total. The molecular formula is C19H18NO3P.